The number of sulfonamides is 1. The summed E-state index contributed by atoms with van der Waals surface area (Å²) in [5.74, 6) is 1.10. The highest BCUT2D eigenvalue weighted by molar-refractivity contribution is 7.89. The second kappa shape index (κ2) is 9.29. The standard InChI is InChI=1S/C19H28N4O4S/c1-13(2)18-21-17(27-22-18)10-7-11-20-19(24)15-8-6-9-16(12-15)28(25,26)23(5)14(3)4/h6,8-9,12-14H,7,10-11H2,1-5H3,(H,20,24). The summed E-state index contributed by atoms with van der Waals surface area (Å²) in [6.45, 7) is 7.98. The normalized spacial score (nSPS) is 12.1. The third kappa shape index (κ3) is 5.39. The summed E-state index contributed by atoms with van der Waals surface area (Å²) in [4.78, 5) is 16.8. The first-order chi connectivity index (χ1) is 13.1. The van der Waals surface area contributed by atoms with Gasteiger partial charge in [-0.25, -0.2) is 8.42 Å². The summed E-state index contributed by atoms with van der Waals surface area (Å²) < 4.78 is 31.6. The number of aromatic nitrogens is 2. The van der Waals surface area contributed by atoms with Crippen LogP contribution in [0.3, 0.4) is 0 Å². The van der Waals surface area contributed by atoms with Gasteiger partial charge in [-0.15, -0.1) is 0 Å². The summed E-state index contributed by atoms with van der Waals surface area (Å²) in [7, 11) is -2.11. The Bertz CT molecular complexity index is 906. The second-order valence-electron chi connectivity index (χ2n) is 7.20. The van der Waals surface area contributed by atoms with Gasteiger partial charge in [0.2, 0.25) is 15.9 Å². The topological polar surface area (TPSA) is 105 Å². The Morgan fingerprint density at radius 3 is 2.57 bits per heavy atom. The lowest BCUT2D eigenvalue weighted by Gasteiger charge is -2.21. The van der Waals surface area contributed by atoms with E-state index in [1.165, 1.54) is 23.5 Å². The van der Waals surface area contributed by atoms with Gasteiger partial charge >= 0.3 is 0 Å². The van der Waals surface area contributed by atoms with Crippen molar-refractivity contribution in [2.75, 3.05) is 13.6 Å². The molecule has 0 bridgehead atoms. The van der Waals surface area contributed by atoms with Crippen molar-refractivity contribution in [2.45, 2.75) is 57.4 Å². The van der Waals surface area contributed by atoms with Gasteiger partial charge < -0.3 is 9.84 Å². The molecule has 1 aromatic carbocycles. The van der Waals surface area contributed by atoms with E-state index < -0.39 is 10.0 Å². The molecule has 154 valence electrons. The van der Waals surface area contributed by atoms with E-state index in [1.807, 2.05) is 13.8 Å². The first-order valence-electron chi connectivity index (χ1n) is 9.31. The van der Waals surface area contributed by atoms with Crippen LogP contribution in [0.25, 0.3) is 0 Å². The quantitative estimate of drug-likeness (QED) is 0.639. The molecular weight excluding hydrogens is 380 g/mol. The Morgan fingerprint density at radius 1 is 1.25 bits per heavy atom. The smallest absolute Gasteiger partial charge is 0.251 e. The molecule has 0 fully saturated rings. The number of aryl methyl sites for hydroxylation is 1. The van der Waals surface area contributed by atoms with Gasteiger partial charge in [-0.3, -0.25) is 4.79 Å². The lowest BCUT2D eigenvalue weighted by Crippen LogP contribution is -2.33. The van der Waals surface area contributed by atoms with Crippen LogP contribution in [0.4, 0.5) is 0 Å². The summed E-state index contributed by atoms with van der Waals surface area (Å²) >= 11 is 0. The molecule has 2 rings (SSSR count). The van der Waals surface area contributed by atoms with E-state index in [0.29, 0.717) is 36.7 Å². The molecule has 9 heteroatoms. The molecule has 0 saturated carbocycles. The van der Waals surface area contributed by atoms with Crippen LogP contribution in [0, 0.1) is 0 Å². The molecule has 0 saturated heterocycles. The molecule has 1 N–H and O–H groups in total. The molecule has 0 aliphatic heterocycles. The van der Waals surface area contributed by atoms with E-state index >= 15 is 0 Å². The van der Waals surface area contributed by atoms with Crippen LogP contribution in [0.1, 0.15) is 62.1 Å². The Morgan fingerprint density at radius 2 is 1.96 bits per heavy atom. The Labute approximate surface area is 166 Å². The van der Waals surface area contributed by atoms with Crippen molar-refractivity contribution in [3.05, 3.63) is 41.5 Å². The Kier molecular flexibility index (Phi) is 7.31. The van der Waals surface area contributed by atoms with Crippen LogP contribution in [0.5, 0.6) is 0 Å². The first kappa shape index (κ1) is 22.0. The maximum absolute atomic E-state index is 12.6. The highest BCUT2D eigenvalue weighted by Crippen LogP contribution is 2.18. The lowest BCUT2D eigenvalue weighted by molar-refractivity contribution is 0.0952. The molecule has 0 atom stereocenters. The van der Waals surface area contributed by atoms with E-state index in [-0.39, 0.29) is 22.8 Å². The first-order valence-corrected chi connectivity index (χ1v) is 10.8. The summed E-state index contributed by atoms with van der Waals surface area (Å²) in [5, 5.41) is 6.69. The van der Waals surface area contributed by atoms with Gasteiger partial charge in [-0.2, -0.15) is 9.29 Å². The minimum atomic E-state index is -3.63. The molecular formula is C19H28N4O4S. The molecule has 8 nitrogen and oxygen atoms in total. The van der Waals surface area contributed by atoms with Crippen molar-refractivity contribution >= 4 is 15.9 Å². The average Bonchev–Trinajstić information content (AvgIpc) is 3.13. The zero-order valence-electron chi connectivity index (χ0n) is 17.0. The molecule has 0 unspecified atom stereocenters. The van der Waals surface area contributed by atoms with E-state index in [2.05, 4.69) is 15.5 Å². The number of carbonyl (C=O) groups is 1. The monoisotopic (exact) mass is 408 g/mol. The fourth-order valence-electron chi connectivity index (χ4n) is 2.39. The summed E-state index contributed by atoms with van der Waals surface area (Å²) in [6.07, 6.45) is 1.20. The number of nitrogens with zero attached hydrogens (tertiary/aromatic N) is 3. The molecule has 0 spiro atoms. The van der Waals surface area contributed by atoms with Gasteiger partial charge in [-0.1, -0.05) is 25.1 Å². The van der Waals surface area contributed by atoms with Crippen LogP contribution < -0.4 is 5.32 Å². The number of carbonyl (C=O) groups excluding carboxylic acids is 1. The van der Waals surface area contributed by atoms with Crippen molar-refractivity contribution in [3.63, 3.8) is 0 Å². The highest BCUT2D eigenvalue weighted by atomic mass is 32.2. The minimum Gasteiger partial charge on any atom is -0.352 e. The maximum Gasteiger partial charge on any atom is 0.251 e. The molecule has 2 aromatic rings. The van der Waals surface area contributed by atoms with Crippen LogP contribution in [-0.2, 0) is 16.4 Å². The van der Waals surface area contributed by atoms with Crippen molar-refractivity contribution in [1.82, 2.24) is 19.8 Å². The van der Waals surface area contributed by atoms with Crippen molar-refractivity contribution in [1.29, 1.82) is 0 Å². The second-order valence-corrected chi connectivity index (χ2v) is 9.20. The number of benzene rings is 1. The number of hydrogen-bond acceptors (Lipinski definition) is 6. The van der Waals surface area contributed by atoms with Gasteiger partial charge in [0, 0.05) is 37.5 Å². The Hall–Kier alpha value is -2.26. The largest absolute Gasteiger partial charge is 0.352 e. The van der Waals surface area contributed by atoms with E-state index in [4.69, 9.17) is 4.52 Å². The molecule has 1 heterocycles. The average molecular weight is 409 g/mol. The fraction of sp³-hybridized carbons (Fsp3) is 0.526. The SMILES string of the molecule is CC(C)c1noc(CCCNC(=O)c2cccc(S(=O)(=O)N(C)C(C)C)c2)n1. The van der Waals surface area contributed by atoms with Gasteiger partial charge in [0.15, 0.2) is 5.82 Å². The zero-order chi connectivity index (χ0) is 20.9. The minimum absolute atomic E-state index is 0.100. The zero-order valence-corrected chi connectivity index (χ0v) is 17.8. The van der Waals surface area contributed by atoms with Crippen LogP contribution in [0.15, 0.2) is 33.7 Å². The van der Waals surface area contributed by atoms with Crippen molar-refractivity contribution in [3.8, 4) is 0 Å². The summed E-state index contributed by atoms with van der Waals surface area (Å²) in [5.41, 5.74) is 0.304. The third-order valence-electron chi connectivity index (χ3n) is 4.35. The van der Waals surface area contributed by atoms with Crippen LogP contribution >= 0.6 is 0 Å². The predicted molar refractivity (Wildman–Crippen MR) is 106 cm³/mol. The third-order valence-corrected chi connectivity index (χ3v) is 6.38. The molecule has 1 aromatic heterocycles. The molecule has 0 aliphatic rings. The highest BCUT2D eigenvalue weighted by Gasteiger charge is 2.23. The van der Waals surface area contributed by atoms with E-state index in [1.54, 1.807) is 26.0 Å². The summed E-state index contributed by atoms with van der Waals surface area (Å²) in [6, 6.07) is 5.88. The van der Waals surface area contributed by atoms with Gasteiger partial charge in [0.1, 0.15) is 0 Å². The molecule has 0 radical (unpaired) electrons. The van der Waals surface area contributed by atoms with Gasteiger partial charge in [-0.05, 0) is 38.5 Å². The van der Waals surface area contributed by atoms with Crippen LogP contribution in [0.2, 0.25) is 0 Å². The number of nitrogens with one attached hydrogen (secondary N) is 1. The van der Waals surface area contributed by atoms with Crippen LogP contribution in [-0.4, -0.2) is 48.4 Å². The van der Waals surface area contributed by atoms with Crippen molar-refractivity contribution < 1.29 is 17.7 Å². The van der Waals surface area contributed by atoms with Crippen molar-refractivity contribution in [2.24, 2.45) is 0 Å². The maximum atomic E-state index is 12.6. The van der Waals surface area contributed by atoms with E-state index in [9.17, 15) is 13.2 Å². The predicted octanol–water partition coefficient (Wildman–Crippen LogP) is 2.58. The number of hydrogen-bond donors (Lipinski definition) is 1. The van der Waals surface area contributed by atoms with Gasteiger partial charge in [0.05, 0.1) is 4.90 Å². The molecule has 0 aliphatic carbocycles. The molecule has 28 heavy (non-hydrogen) atoms. The Balaban J connectivity index is 1.94. The number of amides is 1. The van der Waals surface area contributed by atoms with Gasteiger partial charge in [0.25, 0.3) is 5.91 Å². The van der Waals surface area contributed by atoms with E-state index in [0.717, 1.165) is 0 Å². The number of rotatable bonds is 9. The lowest BCUT2D eigenvalue weighted by atomic mass is 10.2. The molecule has 1 amide bonds. The fourth-order valence-corrected chi connectivity index (χ4v) is 3.80.